The van der Waals surface area contributed by atoms with E-state index < -0.39 is 19.1 Å². The lowest BCUT2D eigenvalue weighted by molar-refractivity contribution is 0.137. The largest absolute Gasteiger partial charge is 0.383 e. The van der Waals surface area contributed by atoms with Gasteiger partial charge in [-0.3, -0.25) is 4.57 Å². The first kappa shape index (κ1) is 13.1. The van der Waals surface area contributed by atoms with Crippen LogP contribution in [0.4, 0.5) is 0 Å². The molecule has 0 radical (unpaired) electrons. The molecule has 0 aromatic carbocycles. The van der Waals surface area contributed by atoms with E-state index in [2.05, 4.69) is 0 Å². The highest BCUT2D eigenvalue weighted by Crippen LogP contribution is 2.53. The van der Waals surface area contributed by atoms with Gasteiger partial charge in [0.25, 0.3) is 7.37 Å². The molecule has 2 unspecified atom stereocenters. The van der Waals surface area contributed by atoms with Crippen molar-refractivity contribution < 1.29 is 19.7 Å². The SMILES string of the molecule is CC(C)C(O)P(=O)(O)C(O)C(C)C. The number of hydrogen-bond acceptors (Lipinski definition) is 3. The highest BCUT2D eigenvalue weighted by molar-refractivity contribution is 7.59. The van der Waals surface area contributed by atoms with Gasteiger partial charge < -0.3 is 15.1 Å². The molecular weight excluding hydrogens is 191 g/mol. The number of rotatable bonds is 4. The van der Waals surface area contributed by atoms with Gasteiger partial charge in [0.05, 0.1) is 0 Å². The Morgan fingerprint density at radius 3 is 1.31 bits per heavy atom. The van der Waals surface area contributed by atoms with Gasteiger partial charge in [-0.15, -0.1) is 0 Å². The van der Waals surface area contributed by atoms with Crippen molar-refractivity contribution in [3.05, 3.63) is 0 Å². The molecule has 2 atom stereocenters. The van der Waals surface area contributed by atoms with Crippen LogP contribution in [-0.4, -0.2) is 26.8 Å². The van der Waals surface area contributed by atoms with Gasteiger partial charge in [0.15, 0.2) is 0 Å². The summed E-state index contributed by atoms with van der Waals surface area (Å²) in [5.74, 6) is -3.34. The van der Waals surface area contributed by atoms with E-state index >= 15 is 0 Å². The van der Waals surface area contributed by atoms with Crippen molar-refractivity contribution in [3.8, 4) is 0 Å². The first-order valence-corrected chi connectivity index (χ1v) is 6.19. The lowest BCUT2D eigenvalue weighted by atomic mass is 10.2. The maximum absolute atomic E-state index is 11.6. The summed E-state index contributed by atoms with van der Waals surface area (Å²) in [6.45, 7) is 6.56. The molecule has 0 aromatic heterocycles. The summed E-state index contributed by atoms with van der Waals surface area (Å²) in [5, 5.41) is 18.8. The second kappa shape index (κ2) is 4.56. The fraction of sp³-hybridized carbons (Fsp3) is 1.00. The fourth-order valence-corrected chi connectivity index (χ4v) is 3.03. The summed E-state index contributed by atoms with van der Waals surface area (Å²) in [6.07, 6.45) is 0. The molecule has 0 spiro atoms. The van der Waals surface area contributed by atoms with Gasteiger partial charge in [-0.1, -0.05) is 27.7 Å². The van der Waals surface area contributed by atoms with Gasteiger partial charge >= 0.3 is 0 Å². The van der Waals surface area contributed by atoms with Crippen molar-refractivity contribution in [1.82, 2.24) is 0 Å². The standard InChI is InChI=1S/C8H19O4P/c1-5(2)7(9)13(11,12)8(10)6(3)4/h5-10H,1-4H3,(H,11,12). The van der Waals surface area contributed by atoms with Gasteiger partial charge in [0, 0.05) is 0 Å². The zero-order chi connectivity index (χ0) is 10.8. The number of hydrogen-bond donors (Lipinski definition) is 3. The average molecular weight is 210 g/mol. The van der Waals surface area contributed by atoms with E-state index in [-0.39, 0.29) is 11.8 Å². The van der Waals surface area contributed by atoms with Crippen LogP contribution in [0.25, 0.3) is 0 Å². The summed E-state index contributed by atoms with van der Waals surface area (Å²) in [6, 6.07) is 0. The topological polar surface area (TPSA) is 77.8 Å². The van der Waals surface area contributed by atoms with Gasteiger partial charge in [-0.2, -0.15) is 0 Å². The van der Waals surface area contributed by atoms with Crippen molar-refractivity contribution in [1.29, 1.82) is 0 Å². The maximum atomic E-state index is 11.6. The van der Waals surface area contributed by atoms with E-state index in [4.69, 9.17) is 0 Å². The molecule has 0 fully saturated rings. The van der Waals surface area contributed by atoms with Crippen LogP contribution < -0.4 is 0 Å². The Bertz CT molecular complexity index is 184. The molecule has 3 N–H and O–H groups in total. The predicted molar refractivity (Wildman–Crippen MR) is 51.5 cm³/mol. The monoisotopic (exact) mass is 210 g/mol. The lowest BCUT2D eigenvalue weighted by Gasteiger charge is -2.27. The Kier molecular flexibility index (Phi) is 4.60. The highest BCUT2D eigenvalue weighted by atomic mass is 31.2. The predicted octanol–water partition coefficient (Wildman–Crippen LogP) is 1.21. The minimum absolute atomic E-state index is 0.329. The number of aliphatic hydroxyl groups is 2. The Morgan fingerprint density at radius 1 is 0.923 bits per heavy atom. The van der Waals surface area contributed by atoms with Crippen molar-refractivity contribution in [2.45, 2.75) is 39.4 Å². The van der Waals surface area contributed by atoms with E-state index in [0.717, 1.165) is 0 Å². The van der Waals surface area contributed by atoms with Gasteiger partial charge in [0.1, 0.15) is 11.7 Å². The normalized spacial score (nSPS) is 21.6. The molecule has 0 aliphatic heterocycles. The molecule has 0 heterocycles. The van der Waals surface area contributed by atoms with E-state index in [1.165, 1.54) is 0 Å². The van der Waals surface area contributed by atoms with Crippen molar-refractivity contribution in [2.24, 2.45) is 11.8 Å². The second-order valence-corrected chi connectivity index (χ2v) is 6.39. The third-order valence-electron chi connectivity index (χ3n) is 1.95. The molecule has 0 aliphatic carbocycles. The molecule has 0 saturated carbocycles. The summed E-state index contributed by atoms with van der Waals surface area (Å²) in [4.78, 5) is 9.45. The molecule has 13 heavy (non-hydrogen) atoms. The third-order valence-corrected chi connectivity index (χ3v) is 4.66. The van der Waals surface area contributed by atoms with Crippen LogP contribution in [0.2, 0.25) is 0 Å². The first-order valence-electron chi connectivity index (χ1n) is 4.39. The van der Waals surface area contributed by atoms with Gasteiger partial charge in [-0.05, 0) is 11.8 Å². The van der Waals surface area contributed by atoms with Crippen molar-refractivity contribution in [3.63, 3.8) is 0 Å². The molecule has 0 saturated heterocycles. The van der Waals surface area contributed by atoms with Crippen LogP contribution in [0, 0.1) is 11.8 Å². The van der Waals surface area contributed by atoms with Gasteiger partial charge in [0.2, 0.25) is 0 Å². The Balaban J connectivity index is 4.65. The van der Waals surface area contributed by atoms with Crippen LogP contribution in [0.15, 0.2) is 0 Å². The fourth-order valence-electron chi connectivity index (χ4n) is 1.01. The zero-order valence-electron chi connectivity index (χ0n) is 8.51. The smallest absolute Gasteiger partial charge is 0.256 e. The minimum atomic E-state index is -3.88. The van der Waals surface area contributed by atoms with Crippen molar-refractivity contribution in [2.75, 3.05) is 0 Å². The zero-order valence-corrected chi connectivity index (χ0v) is 9.40. The Labute approximate surface area is 79.1 Å². The van der Waals surface area contributed by atoms with E-state index in [1.807, 2.05) is 0 Å². The van der Waals surface area contributed by atoms with E-state index in [0.29, 0.717) is 0 Å². The summed E-state index contributed by atoms with van der Waals surface area (Å²) < 4.78 is 11.6. The van der Waals surface area contributed by atoms with Crippen LogP contribution in [0.3, 0.4) is 0 Å². The van der Waals surface area contributed by atoms with Gasteiger partial charge in [-0.25, -0.2) is 0 Å². The Morgan fingerprint density at radius 2 is 1.15 bits per heavy atom. The number of aliphatic hydroxyl groups excluding tert-OH is 2. The van der Waals surface area contributed by atoms with Crippen LogP contribution in [-0.2, 0) is 4.57 Å². The van der Waals surface area contributed by atoms with Crippen molar-refractivity contribution >= 4 is 7.37 Å². The highest BCUT2D eigenvalue weighted by Gasteiger charge is 2.40. The summed E-state index contributed by atoms with van der Waals surface area (Å²) in [5.41, 5.74) is 0. The Hall–Kier alpha value is 0.110. The van der Waals surface area contributed by atoms with Crippen LogP contribution >= 0.6 is 7.37 Å². The maximum Gasteiger partial charge on any atom is 0.256 e. The minimum Gasteiger partial charge on any atom is -0.383 e. The molecule has 4 nitrogen and oxygen atoms in total. The molecular formula is C8H19O4P. The first-order chi connectivity index (χ1) is 5.71. The van der Waals surface area contributed by atoms with E-state index in [1.54, 1.807) is 27.7 Å². The summed E-state index contributed by atoms with van der Waals surface area (Å²) >= 11 is 0. The summed E-state index contributed by atoms with van der Waals surface area (Å²) in [7, 11) is -3.88. The molecule has 5 heteroatoms. The molecule has 80 valence electrons. The van der Waals surface area contributed by atoms with Crippen LogP contribution in [0.1, 0.15) is 27.7 Å². The molecule has 0 rings (SSSR count). The second-order valence-electron chi connectivity index (χ2n) is 3.99. The molecule has 0 bridgehead atoms. The van der Waals surface area contributed by atoms with E-state index in [9.17, 15) is 19.7 Å². The average Bonchev–Trinajstić information content (AvgIpc) is 2.01. The van der Waals surface area contributed by atoms with Crippen LogP contribution in [0.5, 0.6) is 0 Å². The quantitative estimate of drug-likeness (QED) is 0.609. The molecule has 0 aliphatic rings. The molecule has 0 amide bonds. The molecule has 0 aromatic rings. The lowest BCUT2D eigenvalue weighted by Crippen LogP contribution is -2.26. The third kappa shape index (κ3) is 3.06.